The van der Waals surface area contributed by atoms with Gasteiger partial charge in [-0.25, -0.2) is 4.98 Å². The summed E-state index contributed by atoms with van der Waals surface area (Å²) in [5, 5.41) is 12.9. The van der Waals surface area contributed by atoms with Gasteiger partial charge in [0.25, 0.3) is 0 Å². The molecule has 128 valence electrons. The van der Waals surface area contributed by atoms with Crippen molar-refractivity contribution in [2.24, 2.45) is 0 Å². The largest absolute Gasteiger partial charge is 0.495 e. The molecule has 0 saturated heterocycles. The zero-order valence-electron chi connectivity index (χ0n) is 13.7. The molecule has 3 aromatic rings. The molecular formula is C17H16N4O2S2. The van der Waals surface area contributed by atoms with Gasteiger partial charge in [0.15, 0.2) is 0 Å². The number of hydrogen-bond acceptors (Lipinski definition) is 7. The Balaban J connectivity index is 1.68. The van der Waals surface area contributed by atoms with E-state index in [1.54, 1.807) is 43.7 Å². The first-order valence-corrected chi connectivity index (χ1v) is 9.27. The van der Waals surface area contributed by atoms with Gasteiger partial charge in [-0.05, 0) is 30.5 Å². The minimum Gasteiger partial charge on any atom is -0.495 e. The zero-order valence-corrected chi connectivity index (χ0v) is 15.3. The maximum absolute atomic E-state index is 12.4. The first-order chi connectivity index (χ1) is 12.2. The van der Waals surface area contributed by atoms with Crippen LogP contribution in [0.25, 0.3) is 10.6 Å². The number of nitrogens with zero attached hydrogens (tertiary/aromatic N) is 3. The Kier molecular flexibility index (Phi) is 5.62. The lowest BCUT2D eigenvalue weighted by Gasteiger charge is -2.13. The number of amides is 1. The van der Waals surface area contributed by atoms with Crippen LogP contribution in [0.2, 0.25) is 0 Å². The predicted molar refractivity (Wildman–Crippen MR) is 100 cm³/mol. The number of thioether (sulfide) groups is 1. The number of ether oxygens (including phenoxy) is 1. The molecule has 0 saturated carbocycles. The van der Waals surface area contributed by atoms with Crippen LogP contribution in [-0.2, 0) is 4.79 Å². The molecule has 1 atom stereocenters. The standard InChI is InChI=1S/C17H16N4O2S2/c1-11(16(22)19-12-6-3-4-7-14(12)23-2)25-17-20-13(10-18-21-17)15-8-5-9-24-15/h3-11H,1-2H3,(H,19,22)/t11-/m0/s1. The highest BCUT2D eigenvalue weighted by atomic mass is 32.2. The number of rotatable bonds is 6. The maximum Gasteiger partial charge on any atom is 0.237 e. The first-order valence-electron chi connectivity index (χ1n) is 7.51. The van der Waals surface area contributed by atoms with E-state index in [9.17, 15) is 4.79 Å². The molecule has 2 heterocycles. The summed E-state index contributed by atoms with van der Waals surface area (Å²) in [5.41, 5.74) is 1.39. The minimum absolute atomic E-state index is 0.153. The third kappa shape index (κ3) is 4.34. The summed E-state index contributed by atoms with van der Waals surface area (Å²) in [6, 6.07) is 11.2. The van der Waals surface area contributed by atoms with E-state index >= 15 is 0 Å². The Bertz CT molecular complexity index is 855. The fourth-order valence-electron chi connectivity index (χ4n) is 2.07. The van der Waals surface area contributed by atoms with Crippen LogP contribution in [0.4, 0.5) is 5.69 Å². The molecule has 0 aliphatic rings. The normalized spacial score (nSPS) is 11.8. The molecule has 25 heavy (non-hydrogen) atoms. The van der Waals surface area contributed by atoms with Crippen LogP contribution < -0.4 is 10.1 Å². The van der Waals surface area contributed by atoms with E-state index in [0.29, 0.717) is 16.6 Å². The second-order valence-corrected chi connectivity index (χ2v) is 7.31. The summed E-state index contributed by atoms with van der Waals surface area (Å²) in [6.07, 6.45) is 1.62. The average molecular weight is 372 g/mol. The van der Waals surface area contributed by atoms with Gasteiger partial charge in [-0.15, -0.1) is 16.4 Å². The molecule has 0 aliphatic heterocycles. The summed E-state index contributed by atoms with van der Waals surface area (Å²) in [5.74, 6) is 0.463. The van der Waals surface area contributed by atoms with Gasteiger partial charge in [-0.1, -0.05) is 30.0 Å². The van der Waals surface area contributed by atoms with E-state index in [2.05, 4.69) is 20.5 Å². The Morgan fingerprint density at radius 3 is 2.88 bits per heavy atom. The zero-order chi connectivity index (χ0) is 17.6. The van der Waals surface area contributed by atoms with E-state index < -0.39 is 0 Å². The summed E-state index contributed by atoms with van der Waals surface area (Å²) in [6.45, 7) is 1.80. The molecule has 1 aromatic carbocycles. The van der Waals surface area contributed by atoms with Crippen molar-refractivity contribution in [3.63, 3.8) is 0 Å². The highest BCUT2D eigenvalue weighted by molar-refractivity contribution is 8.00. The van der Waals surface area contributed by atoms with Gasteiger partial charge in [0.1, 0.15) is 11.4 Å². The van der Waals surface area contributed by atoms with Crippen LogP contribution in [0.1, 0.15) is 6.92 Å². The van der Waals surface area contributed by atoms with Gasteiger partial charge >= 0.3 is 0 Å². The molecular weight excluding hydrogens is 356 g/mol. The van der Waals surface area contributed by atoms with E-state index in [4.69, 9.17) is 4.74 Å². The number of anilines is 1. The quantitative estimate of drug-likeness (QED) is 0.665. The van der Waals surface area contributed by atoms with E-state index in [0.717, 1.165) is 10.6 Å². The molecule has 2 aromatic heterocycles. The topological polar surface area (TPSA) is 77.0 Å². The number of methoxy groups -OCH3 is 1. The maximum atomic E-state index is 12.4. The highest BCUT2D eigenvalue weighted by Crippen LogP contribution is 2.27. The third-order valence-electron chi connectivity index (χ3n) is 3.33. The lowest BCUT2D eigenvalue weighted by molar-refractivity contribution is -0.115. The van der Waals surface area contributed by atoms with E-state index in [1.165, 1.54) is 11.8 Å². The summed E-state index contributed by atoms with van der Waals surface area (Å²) < 4.78 is 5.25. The molecule has 0 spiro atoms. The van der Waals surface area contributed by atoms with Crippen LogP contribution in [-0.4, -0.2) is 33.4 Å². The van der Waals surface area contributed by atoms with Gasteiger partial charge in [0.05, 0.1) is 29.1 Å². The fraction of sp³-hybridized carbons (Fsp3) is 0.176. The number of aromatic nitrogens is 3. The molecule has 6 nitrogen and oxygen atoms in total. The number of hydrogen-bond donors (Lipinski definition) is 1. The molecule has 0 radical (unpaired) electrons. The SMILES string of the molecule is COc1ccccc1NC(=O)[C@H](C)Sc1nncc(-c2cccs2)n1. The molecule has 8 heteroatoms. The first kappa shape index (κ1) is 17.4. The Labute approximate surface area is 153 Å². The number of carbonyl (C=O) groups is 1. The van der Waals surface area contributed by atoms with Crippen LogP contribution >= 0.6 is 23.1 Å². The van der Waals surface area contributed by atoms with E-state index in [-0.39, 0.29) is 11.2 Å². The lowest BCUT2D eigenvalue weighted by atomic mass is 10.3. The average Bonchev–Trinajstić information content (AvgIpc) is 3.17. The number of para-hydroxylation sites is 2. The van der Waals surface area contributed by atoms with Crippen molar-refractivity contribution in [1.29, 1.82) is 0 Å². The van der Waals surface area contributed by atoms with E-state index in [1.807, 2.05) is 29.6 Å². The number of benzene rings is 1. The molecule has 0 fully saturated rings. The summed E-state index contributed by atoms with van der Waals surface area (Å²) in [4.78, 5) is 17.9. The Morgan fingerprint density at radius 1 is 1.28 bits per heavy atom. The Hall–Kier alpha value is -2.45. The molecule has 0 unspecified atom stereocenters. The molecule has 0 aliphatic carbocycles. The van der Waals surface area contributed by atoms with Crippen molar-refractivity contribution < 1.29 is 9.53 Å². The second kappa shape index (κ2) is 8.09. The molecule has 3 rings (SSSR count). The van der Waals surface area contributed by atoms with Crippen molar-refractivity contribution in [3.8, 4) is 16.3 Å². The van der Waals surface area contributed by atoms with Crippen molar-refractivity contribution in [1.82, 2.24) is 15.2 Å². The van der Waals surface area contributed by atoms with Gasteiger partial charge in [0.2, 0.25) is 11.1 Å². The van der Waals surface area contributed by atoms with Crippen LogP contribution in [0.5, 0.6) is 5.75 Å². The number of carbonyl (C=O) groups excluding carboxylic acids is 1. The molecule has 0 bridgehead atoms. The Morgan fingerprint density at radius 2 is 2.12 bits per heavy atom. The predicted octanol–water partition coefficient (Wildman–Crippen LogP) is 3.73. The minimum atomic E-state index is -0.384. The van der Waals surface area contributed by atoms with Crippen LogP contribution in [0.3, 0.4) is 0 Å². The van der Waals surface area contributed by atoms with Gasteiger partial charge in [-0.2, -0.15) is 5.10 Å². The van der Waals surface area contributed by atoms with Crippen molar-refractivity contribution in [2.75, 3.05) is 12.4 Å². The summed E-state index contributed by atoms with van der Waals surface area (Å²) >= 11 is 2.85. The second-order valence-electron chi connectivity index (χ2n) is 5.05. The smallest absolute Gasteiger partial charge is 0.237 e. The summed E-state index contributed by atoms with van der Waals surface area (Å²) in [7, 11) is 1.57. The molecule has 1 amide bonds. The van der Waals surface area contributed by atoms with Crippen molar-refractivity contribution >= 4 is 34.7 Å². The highest BCUT2D eigenvalue weighted by Gasteiger charge is 2.18. The van der Waals surface area contributed by atoms with Crippen LogP contribution in [0, 0.1) is 0 Å². The third-order valence-corrected chi connectivity index (χ3v) is 5.17. The van der Waals surface area contributed by atoms with Crippen LogP contribution in [0.15, 0.2) is 53.1 Å². The van der Waals surface area contributed by atoms with Gasteiger partial charge in [0, 0.05) is 0 Å². The monoisotopic (exact) mass is 372 g/mol. The van der Waals surface area contributed by atoms with Crippen molar-refractivity contribution in [3.05, 3.63) is 48.0 Å². The molecule has 1 N–H and O–H groups in total. The van der Waals surface area contributed by atoms with Crippen molar-refractivity contribution in [2.45, 2.75) is 17.3 Å². The number of thiophene rings is 1. The number of nitrogens with one attached hydrogen (secondary N) is 1. The fourth-order valence-corrected chi connectivity index (χ4v) is 3.48. The van der Waals surface area contributed by atoms with Gasteiger partial charge < -0.3 is 10.1 Å². The van der Waals surface area contributed by atoms with Gasteiger partial charge in [-0.3, -0.25) is 4.79 Å². The lowest BCUT2D eigenvalue weighted by Crippen LogP contribution is -2.23.